The monoisotopic (exact) mass is 418 g/mol. The zero-order valence-corrected chi connectivity index (χ0v) is 18.1. The minimum Gasteiger partial charge on any atom is -0.399 e. The molecular weight excluding hydrogens is 388 g/mol. The van der Waals surface area contributed by atoms with Crippen LogP contribution < -0.4 is 11.5 Å². The number of aliphatic hydroxyl groups is 2. The Bertz CT molecular complexity index is 793. The summed E-state index contributed by atoms with van der Waals surface area (Å²) in [4.78, 5) is 2.14. The van der Waals surface area contributed by atoms with Gasteiger partial charge in [-0.3, -0.25) is 0 Å². The summed E-state index contributed by atoms with van der Waals surface area (Å²) in [5, 5.41) is 22.7. The molecule has 4 unspecified atom stereocenters. The molecule has 1 saturated carbocycles. The first-order valence-electron chi connectivity index (χ1n) is 9.62. The number of nitrogen functional groups attached to an aromatic ring is 2. The van der Waals surface area contributed by atoms with E-state index >= 15 is 0 Å². The van der Waals surface area contributed by atoms with Gasteiger partial charge in [-0.05, 0) is 69.5 Å². The maximum absolute atomic E-state index is 11.3. The van der Waals surface area contributed by atoms with E-state index in [-0.39, 0.29) is 5.92 Å². The summed E-state index contributed by atoms with van der Waals surface area (Å²) in [7, 11) is 0. The van der Waals surface area contributed by atoms with Crippen LogP contribution in [0.3, 0.4) is 0 Å². The van der Waals surface area contributed by atoms with Crippen molar-refractivity contribution in [3.8, 4) is 0 Å². The van der Waals surface area contributed by atoms with E-state index in [1.54, 1.807) is 23.5 Å². The number of hydrogen-bond donors (Lipinski definition) is 4. The van der Waals surface area contributed by atoms with E-state index in [1.165, 1.54) is 4.90 Å². The molecule has 1 fully saturated rings. The van der Waals surface area contributed by atoms with Crippen LogP contribution in [0.4, 0.5) is 11.4 Å². The van der Waals surface area contributed by atoms with Crippen molar-refractivity contribution in [2.75, 3.05) is 17.2 Å². The summed E-state index contributed by atoms with van der Waals surface area (Å²) in [5.41, 5.74) is 11.4. The average Bonchev–Trinajstić information content (AvgIpc) is 2.64. The van der Waals surface area contributed by atoms with Gasteiger partial charge in [-0.15, -0.1) is 23.5 Å². The lowest BCUT2D eigenvalue weighted by atomic mass is 9.69. The van der Waals surface area contributed by atoms with Gasteiger partial charge in [-0.2, -0.15) is 0 Å². The summed E-state index contributed by atoms with van der Waals surface area (Å²) >= 11 is 3.35. The molecule has 6 N–H and O–H groups in total. The fraction of sp³-hybridized carbons (Fsp3) is 0.455. The Morgan fingerprint density at radius 1 is 1.14 bits per heavy atom. The van der Waals surface area contributed by atoms with Gasteiger partial charge < -0.3 is 21.7 Å². The van der Waals surface area contributed by atoms with Gasteiger partial charge in [0.2, 0.25) is 0 Å². The number of hydrogen-bond acceptors (Lipinski definition) is 6. The Labute approximate surface area is 176 Å². The lowest BCUT2D eigenvalue weighted by molar-refractivity contribution is -0.117. The zero-order valence-electron chi connectivity index (χ0n) is 16.5. The quantitative estimate of drug-likeness (QED) is 0.410. The third-order valence-electron chi connectivity index (χ3n) is 5.59. The van der Waals surface area contributed by atoms with E-state index < -0.39 is 11.2 Å². The second-order valence-electron chi connectivity index (χ2n) is 8.18. The minimum atomic E-state index is -1.00. The highest BCUT2D eigenvalue weighted by Gasteiger charge is 2.48. The van der Waals surface area contributed by atoms with Gasteiger partial charge in [0.05, 0.1) is 11.2 Å². The highest BCUT2D eigenvalue weighted by Crippen LogP contribution is 2.46. The van der Waals surface area contributed by atoms with Crippen molar-refractivity contribution >= 4 is 34.9 Å². The fourth-order valence-electron chi connectivity index (χ4n) is 3.97. The molecule has 0 saturated heterocycles. The second kappa shape index (κ2) is 8.57. The van der Waals surface area contributed by atoms with Gasteiger partial charge in [0.1, 0.15) is 0 Å². The molecule has 1 aliphatic carbocycles. The van der Waals surface area contributed by atoms with Crippen molar-refractivity contribution in [1.82, 2.24) is 0 Å². The number of thioether (sulfide) groups is 2. The highest BCUT2D eigenvalue weighted by atomic mass is 32.2. The molecule has 6 heteroatoms. The van der Waals surface area contributed by atoms with E-state index in [0.717, 1.165) is 29.1 Å². The molecule has 0 bridgehead atoms. The Balaban J connectivity index is 1.69. The van der Waals surface area contributed by atoms with Crippen LogP contribution in [-0.4, -0.2) is 32.4 Å². The number of para-hydroxylation sites is 1. The maximum atomic E-state index is 11.3. The topological polar surface area (TPSA) is 92.5 Å². The van der Waals surface area contributed by atoms with Gasteiger partial charge in [-0.25, -0.2) is 0 Å². The molecular formula is C22H30N2O2S2. The fourth-order valence-corrected chi connectivity index (χ4v) is 6.23. The van der Waals surface area contributed by atoms with E-state index in [4.69, 9.17) is 11.5 Å². The summed E-state index contributed by atoms with van der Waals surface area (Å²) in [6, 6.07) is 15.6. The van der Waals surface area contributed by atoms with Crippen molar-refractivity contribution in [1.29, 1.82) is 0 Å². The summed E-state index contributed by atoms with van der Waals surface area (Å²) in [5.74, 6) is 0.277. The van der Waals surface area contributed by atoms with Crippen LogP contribution in [0.2, 0.25) is 0 Å². The van der Waals surface area contributed by atoms with Crippen LogP contribution in [0.25, 0.3) is 0 Å². The van der Waals surface area contributed by atoms with Crippen LogP contribution in [0, 0.1) is 5.92 Å². The smallest absolute Gasteiger partial charge is 0.0768 e. The summed E-state index contributed by atoms with van der Waals surface area (Å²) in [6.07, 6.45) is 2.37. The van der Waals surface area contributed by atoms with Crippen LogP contribution in [-0.2, 0) is 0 Å². The molecule has 152 valence electrons. The molecule has 0 amide bonds. The number of rotatable bonds is 6. The van der Waals surface area contributed by atoms with Crippen molar-refractivity contribution in [3.63, 3.8) is 0 Å². The van der Waals surface area contributed by atoms with Gasteiger partial charge in [0.25, 0.3) is 0 Å². The maximum Gasteiger partial charge on any atom is 0.0768 e. The average molecular weight is 419 g/mol. The Kier molecular flexibility index (Phi) is 6.54. The van der Waals surface area contributed by atoms with Crippen molar-refractivity contribution in [3.05, 3.63) is 48.5 Å². The first kappa shape index (κ1) is 21.4. The highest BCUT2D eigenvalue weighted by molar-refractivity contribution is 8.00. The lowest BCUT2D eigenvalue weighted by Gasteiger charge is -2.47. The molecule has 2 aromatic rings. The standard InChI is InChI=1S/C22H30N2O2S2/c1-21(25)12-11-17(28-16-9-7-15(23)8-10-16)13-20(21)22(2,26)14-27-19-6-4-3-5-18(19)24/h3-10,17,20,25-26H,11-14,23-24H2,1-2H3. The minimum absolute atomic E-state index is 0.211. The van der Waals surface area contributed by atoms with Gasteiger partial charge in [0.15, 0.2) is 0 Å². The molecule has 0 spiro atoms. The summed E-state index contributed by atoms with van der Waals surface area (Å²) in [6.45, 7) is 3.70. The molecule has 4 nitrogen and oxygen atoms in total. The molecule has 28 heavy (non-hydrogen) atoms. The zero-order chi connectivity index (χ0) is 20.4. The number of nitrogens with two attached hydrogens (primary N) is 2. The largest absolute Gasteiger partial charge is 0.399 e. The van der Waals surface area contributed by atoms with Crippen LogP contribution in [0.1, 0.15) is 33.1 Å². The lowest BCUT2D eigenvalue weighted by Crippen LogP contribution is -2.53. The van der Waals surface area contributed by atoms with Crippen LogP contribution >= 0.6 is 23.5 Å². The summed E-state index contributed by atoms with van der Waals surface area (Å²) < 4.78 is 0. The van der Waals surface area contributed by atoms with Crippen molar-refractivity contribution < 1.29 is 10.2 Å². The number of anilines is 2. The predicted molar refractivity (Wildman–Crippen MR) is 121 cm³/mol. The Hall–Kier alpha value is -1.34. The SMILES string of the molecule is CC1(O)CCC(Sc2ccc(N)cc2)CC1C(C)(O)CSc1ccccc1N. The van der Waals surface area contributed by atoms with Gasteiger partial charge in [-0.1, -0.05) is 12.1 Å². The van der Waals surface area contributed by atoms with Crippen LogP contribution in [0.15, 0.2) is 58.3 Å². The van der Waals surface area contributed by atoms with E-state index in [1.807, 2.05) is 62.4 Å². The molecule has 0 heterocycles. The molecule has 0 aromatic heterocycles. The molecule has 0 radical (unpaired) electrons. The van der Waals surface area contributed by atoms with Gasteiger partial charge in [0, 0.05) is 38.1 Å². The normalized spacial score (nSPS) is 27.3. The molecule has 3 rings (SSSR count). The Morgan fingerprint density at radius 2 is 1.82 bits per heavy atom. The first-order chi connectivity index (χ1) is 13.2. The third kappa shape index (κ3) is 5.17. The van der Waals surface area contributed by atoms with E-state index in [9.17, 15) is 10.2 Å². The molecule has 1 aliphatic rings. The third-order valence-corrected chi connectivity index (χ3v) is 8.31. The van der Waals surface area contributed by atoms with Crippen molar-refractivity contribution in [2.24, 2.45) is 5.92 Å². The first-order valence-corrected chi connectivity index (χ1v) is 11.5. The molecule has 0 aliphatic heterocycles. The van der Waals surface area contributed by atoms with Crippen molar-refractivity contribution in [2.45, 2.75) is 59.4 Å². The van der Waals surface area contributed by atoms with E-state index in [0.29, 0.717) is 17.4 Å². The Morgan fingerprint density at radius 3 is 2.50 bits per heavy atom. The van der Waals surface area contributed by atoms with Crippen LogP contribution in [0.5, 0.6) is 0 Å². The predicted octanol–water partition coefficient (Wildman–Crippen LogP) is 4.41. The molecule has 2 aromatic carbocycles. The number of benzene rings is 2. The van der Waals surface area contributed by atoms with Gasteiger partial charge >= 0.3 is 0 Å². The molecule has 4 atom stereocenters. The van der Waals surface area contributed by atoms with E-state index in [2.05, 4.69) is 0 Å². The second-order valence-corrected chi connectivity index (χ2v) is 10.6.